The number of alkyl halides is 3. The van der Waals surface area contributed by atoms with Gasteiger partial charge in [-0.2, -0.15) is 0 Å². The quantitative estimate of drug-likeness (QED) is 0.386. The van der Waals surface area contributed by atoms with Crippen LogP contribution in [0.25, 0.3) is 0 Å². The van der Waals surface area contributed by atoms with E-state index in [-0.39, 0.29) is 30.3 Å². The molecule has 1 saturated carbocycles. The molecule has 9 heteroatoms. The van der Waals surface area contributed by atoms with Gasteiger partial charge in [0, 0.05) is 30.4 Å². The minimum atomic E-state index is -4.75. The van der Waals surface area contributed by atoms with E-state index in [4.69, 9.17) is 5.73 Å². The molecule has 1 aliphatic heterocycles. The number of nitrogens with zero attached hydrogens (tertiary/aromatic N) is 1. The number of benzene rings is 1. The second-order valence-corrected chi connectivity index (χ2v) is 8.04. The Bertz CT molecular complexity index is 948. The minimum Gasteiger partial charge on any atom is -0.406 e. The Labute approximate surface area is 190 Å². The molecule has 1 amide bonds. The van der Waals surface area contributed by atoms with E-state index in [9.17, 15) is 23.1 Å². The number of allylic oxidation sites excluding steroid dienone is 3. The lowest BCUT2D eigenvalue weighted by molar-refractivity contribution is -0.274. The molecule has 33 heavy (non-hydrogen) atoms. The van der Waals surface area contributed by atoms with Gasteiger partial charge < -0.3 is 20.9 Å². The van der Waals surface area contributed by atoms with Gasteiger partial charge in [0.1, 0.15) is 5.75 Å². The van der Waals surface area contributed by atoms with Crippen LogP contribution in [-0.4, -0.2) is 48.0 Å². The van der Waals surface area contributed by atoms with Crippen molar-refractivity contribution in [2.75, 3.05) is 19.7 Å². The molecule has 1 fully saturated rings. The maximum atomic E-state index is 12.3. The number of carbonyl (C=O) groups excluding carboxylic acids is 1. The van der Waals surface area contributed by atoms with Crippen molar-refractivity contribution in [3.63, 3.8) is 0 Å². The first kappa shape index (κ1) is 24.6. The fraction of sp³-hybridized carbons (Fsp3) is 0.375. The van der Waals surface area contributed by atoms with Gasteiger partial charge in [-0.1, -0.05) is 30.9 Å². The Morgan fingerprint density at radius 1 is 1.33 bits per heavy atom. The zero-order valence-electron chi connectivity index (χ0n) is 18.1. The van der Waals surface area contributed by atoms with Gasteiger partial charge in [0.25, 0.3) is 5.91 Å². The van der Waals surface area contributed by atoms with Crippen LogP contribution in [0.1, 0.15) is 30.9 Å². The number of nitrogens with one attached hydrogen (secondary N) is 1. The Morgan fingerprint density at radius 3 is 2.58 bits per heavy atom. The summed E-state index contributed by atoms with van der Waals surface area (Å²) in [6.07, 6.45) is 4.91. The zero-order valence-corrected chi connectivity index (χ0v) is 18.1. The van der Waals surface area contributed by atoms with Gasteiger partial charge in [-0.05, 0) is 54.7 Å². The Morgan fingerprint density at radius 2 is 2.03 bits per heavy atom. The van der Waals surface area contributed by atoms with E-state index in [1.807, 2.05) is 11.0 Å². The lowest BCUT2D eigenvalue weighted by Gasteiger charge is -2.33. The van der Waals surface area contributed by atoms with E-state index >= 15 is 0 Å². The van der Waals surface area contributed by atoms with Crippen LogP contribution < -0.4 is 15.8 Å². The van der Waals surface area contributed by atoms with Gasteiger partial charge in [0.2, 0.25) is 0 Å². The lowest BCUT2D eigenvalue weighted by atomic mass is 10.00. The van der Waals surface area contributed by atoms with E-state index in [0.717, 1.165) is 18.4 Å². The summed E-state index contributed by atoms with van der Waals surface area (Å²) in [5.41, 5.74) is 8.76. The summed E-state index contributed by atoms with van der Waals surface area (Å²) < 4.78 is 40.9. The second kappa shape index (κ2) is 10.7. The van der Waals surface area contributed by atoms with E-state index in [0.29, 0.717) is 36.3 Å². The molecular formula is C24H28F3N3O3. The van der Waals surface area contributed by atoms with Crippen molar-refractivity contribution in [2.45, 2.75) is 37.7 Å². The van der Waals surface area contributed by atoms with Crippen LogP contribution >= 0.6 is 0 Å². The van der Waals surface area contributed by atoms with E-state index in [2.05, 4.69) is 16.6 Å². The van der Waals surface area contributed by atoms with Gasteiger partial charge in [-0.25, -0.2) is 0 Å². The van der Waals surface area contributed by atoms with E-state index in [1.54, 1.807) is 18.2 Å². The van der Waals surface area contributed by atoms with E-state index in [1.165, 1.54) is 24.3 Å². The number of ether oxygens (including phenoxy) is 1. The summed E-state index contributed by atoms with van der Waals surface area (Å²) in [5.74, 6) is -0.483. The van der Waals surface area contributed by atoms with Crippen LogP contribution in [0.5, 0.6) is 5.75 Å². The molecule has 0 bridgehead atoms. The molecule has 1 aromatic rings. The first-order valence-electron chi connectivity index (χ1n) is 10.7. The first-order chi connectivity index (χ1) is 15.7. The number of carbonyl (C=O) groups is 1. The summed E-state index contributed by atoms with van der Waals surface area (Å²) in [7, 11) is 0. The molecule has 178 valence electrons. The smallest absolute Gasteiger partial charge is 0.406 e. The summed E-state index contributed by atoms with van der Waals surface area (Å²) in [5, 5.41) is 12.7. The monoisotopic (exact) mass is 463 g/mol. The zero-order chi connectivity index (χ0) is 24.0. The highest BCUT2D eigenvalue weighted by Crippen LogP contribution is 2.28. The van der Waals surface area contributed by atoms with Crippen molar-refractivity contribution < 1.29 is 27.8 Å². The average Bonchev–Trinajstić information content (AvgIpc) is 3.58. The second-order valence-electron chi connectivity index (χ2n) is 8.04. The number of aliphatic hydroxyl groups excluding tert-OH is 1. The first-order valence-corrected chi connectivity index (χ1v) is 10.7. The summed E-state index contributed by atoms with van der Waals surface area (Å²) in [4.78, 5) is 13.9. The van der Waals surface area contributed by atoms with Crippen molar-refractivity contribution in [2.24, 2.45) is 5.73 Å². The molecule has 1 aromatic carbocycles. The number of nitrogens with two attached hydrogens (primary N) is 1. The van der Waals surface area contributed by atoms with Crippen LogP contribution in [0.3, 0.4) is 0 Å². The van der Waals surface area contributed by atoms with Crippen molar-refractivity contribution in [3.05, 3.63) is 77.6 Å². The fourth-order valence-electron chi connectivity index (χ4n) is 3.51. The number of halogens is 3. The Balaban J connectivity index is 1.56. The molecule has 1 aliphatic carbocycles. The standard InChI is InChI=1S/C24H28F3N3O3/c1-16(23(32)29-19-7-8-19)3-2-4-21(28)17-11-13-30(14-12-17)22(15-31)18-5-9-20(10-6-18)33-24(25,26)27/h2-6,9-11,19,22,31H,1,7-8,12-15,28H2,(H,29,32)/b3-2-,21-4-. The van der Waals surface area contributed by atoms with Crippen molar-refractivity contribution in [1.82, 2.24) is 10.2 Å². The molecule has 0 aromatic heterocycles. The maximum absolute atomic E-state index is 12.3. The van der Waals surface area contributed by atoms with Crippen molar-refractivity contribution in [3.8, 4) is 5.75 Å². The number of hydrogen-bond donors (Lipinski definition) is 3. The highest BCUT2D eigenvalue weighted by molar-refractivity contribution is 5.95. The van der Waals surface area contributed by atoms with Crippen LogP contribution in [-0.2, 0) is 4.79 Å². The molecule has 6 nitrogen and oxygen atoms in total. The van der Waals surface area contributed by atoms with Gasteiger partial charge in [0.15, 0.2) is 0 Å². The molecule has 1 heterocycles. The van der Waals surface area contributed by atoms with Crippen LogP contribution in [0.4, 0.5) is 13.2 Å². The molecule has 4 N–H and O–H groups in total. The number of hydrogen-bond acceptors (Lipinski definition) is 5. The lowest BCUT2D eigenvalue weighted by Crippen LogP contribution is -2.35. The predicted octanol–water partition coefficient (Wildman–Crippen LogP) is 3.48. The van der Waals surface area contributed by atoms with Gasteiger partial charge >= 0.3 is 6.36 Å². The van der Waals surface area contributed by atoms with Crippen LogP contribution in [0.2, 0.25) is 0 Å². The van der Waals surface area contributed by atoms with Gasteiger partial charge in [-0.3, -0.25) is 9.69 Å². The van der Waals surface area contributed by atoms with Crippen molar-refractivity contribution in [1.29, 1.82) is 0 Å². The van der Waals surface area contributed by atoms with Gasteiger partial charge in [0.05, 0.1) is 12.6 Å². The van der Waals surface area contributed by atoms with Crippen LogP contribution in [0.15, 0.2) is 72.0 Å². The molecule has 1 unspecified atom stereocenters. The molecule has 0 radical (unpaired) electrons. The molecule has 3 rings (SSSR count). The summed E-state index contributed by atoms with van der Waals surface area (Å²) >= 11 is 0. The van der Waals surface area contributed by atoms with Crippen molar-refractivity contribution >= 4 is 5.91 Å². The number of amides is 1. The molecule has 2 aliphatic rings. The van der Waals surface area contributed by atoms with Crippen LogP contribution in [0, 0.1) is 0 Å². The average molecular weight is 464 g/mol. The molecule has 0 saturated heterocycles. The van der Waals surface area contributed by atoms with Gasteiger partial charge in [-0.15, -0.1) is 13.2 Å². The Kier molecular flexibility index (Phi) is 7.99. The largest absolute Gasteiger partial charge is 0.573 e. The summed E-state index contributed by atoms with van der Waals surface area (Å²) in [6, 6.07) is 5.43. The molecule has 0 spiro atoms. The minimum absolute atomic E-state index is 0.179. The third kappa shape index (κ3) is 7.50. The predicted molar refractivity (Wildman–Crippen MR) is 119 cm³/mol. The number of aliphatic hydroxyl groups is 1. The fourth-order valence-corrected chi connectivity index (χ4v) is 3.51. The summed E-state index contributed by atoms with van der Waals surface area (Å²) in [6.45, 7) is 4.72. The SMILES string of the molecule is C=C(/C=C\C=C(/N)C1=CCN(C(CO)c2ccc(OC(F)(F)F)cc2)CC1)C(=O)NC1CC1. The molecular weight excluding hydrogens is 435 g/mol. The van der Waals surface area contributed by atoms with E-state index < -0.39 is 6.36 Å². The highest BCUT2D eigenvalue weighted by atomic mass is 19.4. The highest BCUT2D eigenvalue weighted by Gasteiger charge is 2.31. The maximum Gasteiger partial charge on any atom is 0.573 e. The Hall–Kier alpha value is -3.04. The third-order valence-electron chi connectivity index (χ3n) is 5.50. The molecule has 1 atom stereocenters. The topological polar surface area (TPSA) is 87.8 Å². The normalized spacial score (nSPS) is 18.7. The number of rotatable bonds is 9. The third-order valence-corrected chi connectivity index (χ3v) is 5.50.